The maximum Gasteiger partial charge on any atom is 0.433 e. The van der Waals surface area contributed by atoms with Gasteiger partial charge in [0.1, 0.15) is 12.1 Å². The van der Waals surface area contributed by atoms with Crippen LogP contribution in [0.4, 0.5) is 19.0 Å². The zero-order valence-corrected chi connectivity index (χ0v) is 12.4. The second-order valence-corrected chi connectivity index (χ2v) is 5.35. The highest BCUT2D eigenvalue weighted by atomic mass is 19.4. The summed E-state index contributed by atoms with van der Waals surface area (Å²) in [6.45, 7) is 1.44. The molecule has 0 amide bonds. The van der Waals surface area contributed by atoms with E-state index in [4.69, 9.17) is 9.47 Å². The SMILES string of the molecule is COC1(CNc2cc(C(F)(F)F)nc3ncnn23)CCOCC1. The number of halogens is 3. The van der Waals surface area contributed by atoms with Gasteiger partial charge < -0.3 is 14.8 Å². The molecule has 23 heavy (non-hydrogen) atoms. The number of ether oxygens (including phenoxy) is 2. The van der Waals surface area contributed by atoms with Crippen LogP contribution in [-0.4, -0.2) is 52.1 Å². The van der Waals surface area contributed by atoms with Crippen molar-refractivity contribution in [3.05, 3.63) is 18.1 Å². The number of nitrogens with zero attached hydrogens (tertiary/aromatic N) is 4. The van der Waals surface area contributed by atoms with E-state index in [9.17, 15) is 13.2 Å². The number of fused-ring (bicyclic) bond motifs is 1. The monoisotopic (exact) mass is 331 g/mol. The van der Waals surface area contributed by atoms with Crippen molar-refractivity contribution in [2.75, 3.05) is 32.2 Å². The first-order valence-electron chi connectivity index (χ1n) is 7.08. The standard InChI is InChI=1S/C13H16F3N5O2/c1-22-12(2-4-23-5-3-12)7-17-10-6-9(13(14,15)16)20-11-18-8-19-21(10)11/h6,8,17H,2-5,7H2,1H3. The van der Waals surface area contributed by atoms with Gasteiger partial charge in [0.2, 0.25) is 0 Å². The molecular formula is C13H16F3N5O2. The molecule has 7 nitrogen and oxygen atoms in total. The van der Waals surface area contributed by atoms with Gasteiger partial charge in [-0.1, -0.05) is 0 Å². The third kappa shape index (κ3) is 3.22. The average molecular weight is 331 g/mol. The van der Waals surface area contributed by atoms with E-state index < -0.39 is 17.5 Å². The van der Waals surface area contributed by atoms with E-state index in [1.54, 1.807) is 7.11 Å². The van der Waals surface area contributed by atoms with Crippen molar-refractivity contribution in [3.63, 3.8) is 0 Å². The molecule has 1 aliphatic heterocycles. The minimum absolute atomic E-state index is 0.110. The van der Waals surface area contributed by atoms with Crippen molar-refractivity contribution in [2.24, 2.45) is 0 Å². The molecule has 3 rings (SSSR count). The lowest BCUT2D eigenvalue weighted by Crippen LogP contribution is -2.44. The zero-order valence-electron chi connectivity index (χ0n) is 12.4. The van der Waals surface area contributed by atoms with Crippen LogP contribution in [-0.2, 0) is 15.7 Å². The Kier molecular flexibility index (Phi) is 4.11. The molecule has 1 N–H and O–H groups in total. The van der Waals surface area contributed by atoms with E-state index in [1.165, 1.54) is 4.52 Å². The molecule has 3 heterocycles. The van der Waals surface area contributed by atoms with Gasteiger partial charge in [0.15, 0.2) is 5.69 Å². The third-order valence-electron chi connectivity index (χ3n) is 3.97. The minimum atomic E-state index is -4.55. The summed E-state index contributed by atoms with van der Waals surface area (Å²) in [5.74, 6) is 0.0588. The Balaban J connectivity index is 1.88. The van der Waals surface area contributed by atoms with E-state index in [-0.39, 0.29) is 11.6 Å². The fourth-order valence-electron chi connectivity index (χ4n) is 2.53. The van der Waals surface area contributed by atoms with E-state index in [0.29, 0.717) is 32.6 Å². The first-order valence-corrected chi connectivity index (χ1v) is 7.08. The van der Waals surface area contributed by atoms with Gasteiger partial charge in [-0.25, -0.2) is 4.98 Å². The summed E-state index contributed by atoms with van der Waals surface area (Å²) in [5, 5.41) is 6.89. The van der Waals surface area contributed by atoms with Crippen molar-refractivity contribution in [1.29, 1.82) is 0 Å². The van der Waals surface area contributed by atoms with Crippen molar-refractivity contribution in [1.82, 2.24) is 19.6 Å². The Morgan fingerprint density at radius 1 is 1.39 bits per heavy atom. The van der Waals surface area contributed by atoms with Crippen LogP contribution in [0.15, 0.2) is 12.4 Å². The van der Waals surface area contributed by atoms with Gasteiger partial charge in [-0.3, -0.25) is 0 Å². The molecule has 2 aromatic heterocycles. The van der Waals surface area contributed by atoms with Crippen LogP contribution in [0.3, 0.4) is 0 Å². The molecular weight excluding hydrogens is 315 g/mol. The summed E-state index contributed by atoms with van der Waals surface area (Å²) in [5.41, 5.74) is -1.49. The highest BCUT2D eigenvalue weighted by molar-refractivity contribution is 5.45. The number of nitrogens with one attached hydrogen (secondary N) is 1. The quantitative estimate of drug-likeness (QED) is 0.920. The molecule has 126 valence electrons. The molecule has 0 bridgehead atoms. The lowest BCUT2D eigenvalue weighted by molar-refractivity contribution is -0.141. The Labute approximate surface area is 129 Å². The maximum absolute atomic E-state index is 12.9. The second-order valence-electron chi connectivity index (χ2n) is 5.35. The van der Waals surface area contributed by atoms with Crippen molar-refractivity contribution < 1.29 is 22.6 Å². The van der Waals surface area contributed by atoms with Gasteiger partial charge in [-0.05, 0) is 0 Å². The largest absolute Gasteiger partial charge is 0.433 e. The Hall–Kier alpha value is -1.94. The minimum Gasteiger partial charge on any atom is -0.381 e. The van der Waals surface area contributed by atoms with Gasteiger partial charge in [-0.15, -0.1) is 0 Å². The van der Waals surface area contributed by atoms with Crippen LogP contribution in [0.2, 0.25) is 0 Å². The van der Waals surface area contributed by atoms with E-state index in [0.717, 1.165) is 12.4 Å². The highest BCUT2D eigenvalue weighted by Crippen LogP contribution is 2.30. The molecule has 0 aliphatic carbocycles. The zero-order chi connectivity index (χ0) is 16.5. The topological polar surface area (TPSA) is 73.6 Å². The summed E-state index contributed by atoms with van der Waals surface area (Å²) in [4.78, 5) is 7.21. The Morgan fingerprint density at radius 3 is 2.78 bits per heavy atom. The summed E-state index contributed by atoms with van der Waals surface area (Å²) in [6.07, 6.45) is -2.07. The first-order chi connectivity index (χ1) is 10.9. The first kappa shape index (κ1) is 15.9. The van der Waals surface area contributed by atoms with Crippen LogP contribution >= 0.6 is 0 Å². The van der Waals surface area contributed by atoms with E-state index >= 15 is 0 Å². The van der Waals surface area contributed by atoms with Gasteiger partial charge in [0.25, 0.3) is 5.78 Å². The van der Waals surface area contributed by atoms with E-state index in [2.05, 4.69) is 20.4 Å². The summed E-state index contributed by atoms with van der Waals surface area (Å²) < 4.78 is 51.0. The lowest BCUT2D eigenvalue weighted by atomic mass is 9.94. The van der Waals surface area contributed by atoms with Gasteiger partial charge >= 0.3 is 6.18 Å². The van der Waals surface area contributed by atoms with Crippen LogP contribution in [0.25, 0.3) is 5.78 Å². The molecule has 1 aliphatic rings. The van der Waals surface area contributed by atoms with E-state index in [1.807, 2.05) is 0 Å². The molecule has 10 heteroatoms. The molecule has 0 aromatic carbocycles. The van der Waals surface area contributed by atoms with Crippen LogP contribution in [0, 0.1) is 0 Å². The van der Waals surface area contributed by atoms with Gasteiger partial charge in [0.05, 0.1) is 5.60 Å². The number of alkyl halides is 3. The number of hydrogen-bond donors (Lipinski definition) is 1. The van der Waals surface area contributed by atoms with Crippen LogP contribution in [0.1, 0.15) is 18.5 Å². The fraction of sp³-hybridized carbons (Fsp3) is 0.615. The molecule has 0 spiro atoms. The molecule has 0 radical (unpaired) electrons. The predicted molar refractivity (Wildman–Crippen MR) is 74.1 cm³/mol. The lowest BCUT2D eigenvalue weighted by Gasteiger charge is -2.36. The smallest absolute Gasteiger partial charge is 0.381 e. The van der Waals surface area contributed by atoms with Crippen molar-refractivity contribution >= 4 is 11.6 Å². The Bertz CT molecular complexity index is 682. The fourth-order valence-corrected chi connectivity index (χ4v) is 2.53. The van der Waals surface area contributed by atoms with Crippen LogP contribution < -0.4 is 5.32 Å². The van der Waals surface area contributed by atoms with Gasteiger partial charge in [-0.2, -0.15) is 27.8 Å². The maximum atomic E-state index is 12.9. The summed E-state index contributed by atoms with van der Waals surface area (Å²) in [6, 6.07) is 0.921. The van der Waals surface area contributed by atoms with Crippen molar-refractivity contribution in [2.45, 2.75) is 24.6 Å². The normalized spacial score (nSPS) is 18.3. The molecule has 1 fully saturated rings. The summed E-state index contributed by atoms with van der Waals surface area (Å²) in [7, 11) is 1.59. The van der Waals surface area contributed by atoms with Gasteiger partial charge in [0, 0.05) is 45.8 Å². The average Bonchev–Trinajstić information content (AvgIpc) is 3.01. The third-order valence-corrected chi connectivity index (χ3v) is 3.97. The number of aromatic nitrogens is 4. The molecule has 1 saturated heterocycles. The highest BCUT2D eigenvalue weighted by Gasteiger charge is 2.35. The predicted octanol–water partition coefficient (Wildman–Crippen LogP) is 1.75. The number of hydrogen-bond acceptors (Lipinski definition) is 6. The molecule has 0 unspecified atom stereocenters. The Morgan fingerprint density at radius 2 is 2.13 bits per heavy atom. The second kappa shape index (κ2) is 5.93. The van der Waals surface area contributed by atoms with Crippen LogP contribution in [0.5, 0.6) is 0 Å². The summed E-state index contributed by atoms with van der Waals surface area (Å²) >= 11 is 0. The number of rotatable bonds is 4. The molecule has 0 atom stereocenters. The molecule has 0 saturated carbocycles. The number of anilines is 1. The number of methoxy groups -OCH3 is 1. The molecule has 2 aromatic rings. The van der Waals surface area contributed by atoms with Crippen molar-refractivity contribution in [3.8, 4) is 0 Å².